The lowest BCUT2D eigenvalue weighted by Gasteiger charge is -2.26. The SMILES string of the molecule is O=C1OCC(Cc2ccccc2)N1C(=O)C(Cc1ccc(F)cc1F)c1ccc(-c2ccnc3ccc(F)cc23)cc1. The Bertz CT molecular complexity index is 1780. The van der Waals surface area contributed by atoms with Crippen LogP contribution in [-0.4, -0.2) is 34.5 Å². The third-order valence-corrected chi connectivity index (χ3v) is 7.58. The zero-order valence-corrected chi connectivity index (χ0v) is 22.3. The van der Waals surface area contributed by atoms with Crippen LogP contribution in [0.25, 0.3) is 22.0 Å². The molecule has 2 amide bonds. The predicted molar refractivity (Wildman–Crippen MR) is 152 cm³/mol. The zero-order chi connectivity index (χ0) is 29.2. The predicted octanol–water partition coefficient (Wildman–Crippen LogP) is 7.24. The van der Waals surface area contributed by atoms with Crippen LogP contribution in [0.2, 0.25) is 0 Å². The van der Waals surface area contributed by atoms with E-state index >= 15 is 0 Å². The van der Waals surface area contributed by atoms with Gasteiger partial charge in [0.05, 0.1) is 17.5 Å². The minimum Gasteiger partial charge on any atom is -0.447 e. The molecule has 0 radical (unpaired) electrons. The number of benzene rings is 4. The first-order valence-electron chi connectivity index (χ1n) is 13.5. The molecule has 2 heterocycles. The van der Waals surface area contributed by atoms with Crippen molar-refractivity contribution in [1.82, 2.24) is 9.88 Å². The van der Waals surface area contributed by atoms with Crippen LogP contribution in [0, 0.1) is 17.5 Å². The molecule has 0 saturated carbocycles. The van der Waals surface area contributed by atoms with E-state index in [1.807, 2.05) is 30.3 Å². The molecule has 1 aliphatic rings. The van der Waals surface area contributed by atoms with Gasteiger partial charge in [-0.2, -0.15) is 0 Å². The van der Waals surface area contributed by atoms with Crippen molar-refractivity contribution in [2.45, 2.75) is 24.8 Å². The summed E-state index contributed by atoms with van der Waals surface area (Å²) in [5.74, 6) is -3.39. The first kappa shape index (κ1) is 27.2. The summed E-state index contributed by atoms with van der Waals surface area (Å²) in [7, 11) is 0. The number of amides is 2. The molecule has 5 nitrogen and oxygen atoms in total. The molecule has 4 aromatic carbocycles. The van der Waals surface area contributed by atoms with Crippen molar-refractivity contribution in [3.8, 4) is 11.1 Å². The Morgan fingerprint density at radius 2 is 1.64 bits per heavy atom. The number of hydrogen-bond donors (Lipinski definition) is 0. The number of rotatable bonds is 7. The Morgan fingerprint density at radius 3 is 2.40 bits per heavy atom. The van der Waals surface area contributed by atoms with Crippen LogP contribution in [0.4, 0.5) is 18.0 Å². The summed E-state index contributed by atoms with van der Waals surface area (Å²) < 4.78 is 47.8. The van der Waals surface area contributed by atoms with Crippen LogP contribution in [-0.2, 0) is 22.4 Å². The Labute approximate surface area is 240 Å². The van der Waals surface area contributed by atoms with Gasteiger partial charge in [0, 0.05) is 17.6 Å². The Kier molecular flexibility index (Phi) is 7.44. The molecular weight excluding hydrogens is 541 g/mol. The minimum absolute atomic E-state index is 0.0434. The maximum atomic E-state index is 14.8. The van der Waals surface area contributed by atoms with E-state index in [2.05, 4.69) is 4.98 Å². The third kappa shape index (κ3) is 5.48. The summed E-state index contributed by atoms with van der Waals surface area (Å²) in [6.45, 7) is 0.0434. The van der Waals surface area contributed by atoms with Crippen molar-refractivity contribution in [3.63, 3.8) is 0 Å². The van der Waals surface area contributed by atoms with E-state index in [1.165, 1.54) is 18.2 Å². The second kappa shape index (κ2) is 11.5. The molecule has 210 valence electrons. The second-order valence-corrected chi connectivity index (χ2v) is 10.3. The largest absolute Gasteiger partial charge is 0.447 e. The highest BCUT2D eigenvalue weighted by molar-refractivity contribution is 5.98. The fourth-order valence-electron chi connectivity index (χ4n) is 5.45. The van der Waals surface area contributed by atoms with E-state index < -0.39 is 35.6 Å². The average Bonchev–Trinajstić information content (AvgIpc) is 3.36. The number of imide groups is 1. The lowest BCUT2D eigenvalue weighted by Crippen LogP contribution is -2.43. The lowest BCUT2D eigenvalue weighted by atomic mass is 9.88. The summed E-state index contributed by atoms with van der Waals surface area (Å²) >= 11 is 0. The summed E-state index contributed by atoms with van der Waals surface area (Å²) in [5, 5.41) is 0.634. The first-order valence-corrected chi connectivity index (χ1v) is 13.5. The highest BCUT2D eigenvalue weighted by Crippen LogP contribution is 2.33. The molecule has 0 bridgehead atoms. The molecule has 42 heavy (non-hydrogen) atoms. The van der Waals surface area contributed by atoms with Crippen LogP contribution >= 0.6 is 0 Å². The molecule has 2 unspecified atom stereocenters. The smallest absolute Gasteiger partial charge is 0.417 e. The normalized spacial score (nSPS) is 15.5. The van der Waals surface area contributed by atoms with Crippen LogP contribution in [0.5, 0.6) is 0 Å². The number of hydrogen-bond acceptors (Lipinski definition) is 4. The van der Waals surface area contributed by atoms with E-state index in [1.54, 1.807) is 42.6 Å². The maximum absolute atomic E-state index is 14.8. The van der Waals surface area contributed by atoms with Gasteiger partial charge in [-0.3, -0.25) is 9.78 Å². The van der Waals surface area contributed by atoms with E-state index in [0.717, 1.165) is 33.7 Å². The summed E-state index contributed by atoms with van der Waals surface area (Å²) in [4.78, 5) is 32.3. The molecule has 5 aromatic rings. The number of nitrogens with zero attached hydrogens (tertiary/aromatic N) is 2. The lowest BCUT2D eigenvalue weighted by molar-refractivity contribution is -0.130. The summed E-state index contributed by atoms with van der Waals surface area (Å²) in [5.41, 5.74) is 3.76. The number of aromatic nitrogens is 1. The van der Waals surface area contributed by atoms with Crippen LogP contribution in [0.15, 0.2) is 103 Å². The van der Waals surface area contributed by atoms with Gasteiger partial charge in [0.15, 0.2) is 0 Å². The number of pyridine rings is 1. The highest BCUT2D eigenvalue weighted by atomic mass is 19.1. The molecule has 1 aliphatic heterocycles. The van der Waals surface area contributed by atoms with E-state index in [9.17, 15) is 22.8 Å². The van der Waals surface area contributed by atoms with Gasteiger partial charge in [0.2, 0.25) is 5.91 Å². The monoisotopic (exact) mass is 566 g/mol. The topological polar surface area (TPSA) is 59.5 Å². The third-order valence-electron chi connectivity index (χ3n) is 7.58. The second-order valence-electron chi connectivity index (χ2n) is 10.3. The molecule has 1 fully saturated rings. The number of ether oxygens (including phenoxy) is 1. The van der Waals surface area contributed by atoms with Crippen LogP contribution in [0.1, 0.15) is 22.6 Å². The number of halogens is 3. The average molecular weight is 567 g/mol. The van der Waals surface area contributed by atoms with Gasteiger partial charge in [0.1, 0.15) is 24.1 Å². The van der Waals surface area contributed by atoms with Gasteiger partial charge in [-0.05, 0) is 71.0 Å². The zero-order valence-electron chi connectivity index (χ0n) is 22.3. The molecule has 0 aliphatic carbocycles. The first-order chi connectivity index (χ1) is 20.4. The quantitative estimate of drug-likeness (QED) is 0.209. The highest BCUT2D eigenvalue weighted by Gasteiger charge is 2.41. The molecule has 6 rings (SSSR count). The molecule has 8 heteroatoms. The fourth-order valence-corrected chi connectivity index (χ4v) is 5.45. The summed E-state index contributed by atoms with van der Waals surface area (Å²) in [6.07, 6.45) is 1.18. The van der Waals surface area contributed by atoms with Crippen LogP contribution in [0.3, 0.4) is 0 Å². The minimum atomic E-state index is -0.963. The Morgan fingerprint density at radius 1 is 0.905 bits per heavy atom. The summed E-state index contributed by atoms with van der Waals surface area (Å²) in [6, 6.07) is 25.3. The Balaban J connectivity index is 1.36. The van der Waals surface area contributed by atoms with Crippen molar-refractivity contribution in [1.29, 1.82) is 0 Å². The van der Waals surface area contributed by atoms with Crippen molar-refractivity contribution in [3.05, 3.63) is 137 Å². The standard InChI is InChI=1S/C34H25F3N2O3/c35-25-12-13-32-30(18-25)28(14-15-38-32)22-6-8-23(9-7-22)29(17-24-10-11-26(36)19-31(24)37)33(40)39-27(20-42-34(39)41)16-21-4-2-1-3-5-21/h1-15,18-19,27,29H,16-17,20H2. The van der Waals surface area contributed by atoms with Gasteiger partial charge < -0.3 is 4.74 Å². The van der Waals surface area contributed by atoms with Gasteiger partial charge in [0.25, 0.3) is 0 Å². The number of carbonyl (C=O) groups excluding carboxylic acids is 2. The van der Waals surface area contributed by atoms with Gasteiger partial charge in [-0.1, -0.05) is 60.7 Å². The van der Waals surface area contributed by atoms with Gasteiger partial charge >= 0.3 is 6.09 Å². The number of fused-ring (bicyclic) bond motifs is 1. The van der Waals surface area contributed by atoms with Gasteiger partial charge in [-0.25, -0.2) is 22.9 Å². The molecule has 0 N–H and O–H groups in total. The molecule has 1 saturated heterocycles. The maximum Gasteiger partial charge on any atom is 0.417 e. The fraction of sp³-hybridized carbons (Fsp3) is 0.147. The molecule has 0 spiro atoms. The van der Waals surface area contributed by atoms with Gasteiger partial charge in [-0.15, -0.1) is 0 Å². The van der Waals surface area contributed by atoms with Crippen molar-refractivity contribution in [2.24, 2.45) is 0 Å². The molecular formula is C34H25F3N2O3. The molecule has 2 atom stereocenters. The van der Waals surface area contributed by atoms with Crippen molar-refractivity contribution >= 4 is 22.9 Å². The number of carbonyl (C=O) groups is 2. The number of cyclic esters (lactones) is 1. The van der Waals surface area contributed by atoms with E-state index in [4.69, 9.17) is 4.74 Å². The van der Waals surface area contributed by atoms with Crippen molar-refractivity contribution in [2.75, 3.05) is 6.61 Å². The van der Waals surface area contributed by atoms with E-state index in [-0.39, 0.29) is 24.4 Å². The molecule has 1 aromatic heterocycles. The Hall–Kier alpha value is -4.98. The van der Waals surface area contributed by atoms with Crippen LogP contribution < -0.4 is 0 Å². The van der Waals surface area contributed by atoms with E-state index in [0.29, 0.717) is 22.9 Å². The van der Waals surface area contributed by atoms with Crippen molar-refractivity contribution < 1.29 is 27.5 Å².